The van der Waals surface area contributed by atoms with Gasteiger partial charge in [0.05, 0.1) is 6.54 Å². The second-order valence-corrected chi connectivity index (χ2v) is 6.00. The molecule has 6 heteroatoms. The van der Waals surface area contributed by atoms with Crippen molar-refractivity contribution in [3.8, 4) is 0 Å². The van der Waals surface area contributed by atoms with Crippen LogP contribution in [0, 0.1) is 6.92 Å². The van der Waals surface area contributed by atoms with Gasteiger partial charge in [-0.2, -0.15) is 0 Å². The van der Waals surface area contributed by atoms with Gasteiger partial charge in [0.15, 0.2) is 5.58 Å². The van der Waals surface area contributed by atoms with Crippen LogP contribution in [0.25, 0.3) is 11.1 Å². The molecule has 0 bridgehead atoms. The minimum atomic E-state index is -0.0840. The van der Waals surface area contributed by atoms with E-state index < -0.39 is 0 Å². The highest BCUT2D eigenvalue weighted by Crippen LogP contribution is 2.19. The number of likely N-dealkylation sites (tertiary alicyclic amines) is 1. The van der Waals surface area contributed by atoms with E-state index in [1.54, 1.807) is 4.90 Å². The van der Waals surface area contributed by atoms with Crippen molar-refractivity contribution in [2.45, 2.75) is 25.9 Å². The lowest BCUT2D eigenvalue weighted by atomic mass is 10.2. The number of amides is 2. The number of aromatic nitrogens is 1. The number of carbonyl (C=O) groups is 1. The van der Waals surface area contributed by atoms with Crippen LogP contribution in [0.5, 0.6) is 0 Å². The summed E-state index contributed by atoms with van der Waals surface area (Å²) in [6.07, 6.45) is 1.02. The van der Waals surface area contributed by atoms with E-state index in [-0.39, 0.29) is 12.1 Å². The monoisotopic (exact) mass is 302 g/mol. The summed E-state index contributed by atoms with van der Waals surface area (Å²) < 4.78 is 5.67. The number of hydrogen-bond donors (Lipinski definition) is 1. The molecule has 2 heterocycles. The van der Waals surface area contributed by atoms with Crippen molar-refractivity contribution in [2.24, 2.45) is 0 Å². The maximum Gasteiger partial charge on any atom is 0.317 e. The molecule has 2 aromatic rings. The highest BCUT2D eigenvalue weighted by molar-refractivity contribution is 5.76. The molecular weight excluding hydrogens is 280 g/mol. The molecule has 0 saturated carbocycles. The smallest absolute Gasteiger partial charge is 0.317 e. The second kappa shape index (κ2) is 5.96. The first-order valence-corrected chi connectivity index (χ1v) is 7.59. The van der Waals surface area contributed by atoms with Gasteiger partial charge < -0.3 is 19.5 Å². The van der Waals surface area contributed by atoms with Crippen LogP contribution in [0.3, 0.4) is 0 Å². The zero-order valence-corrected chi connectivity index (χ0v) is 13.3. The molecule has 1 fully saturated rings. The molecule has 118 valence electrons. The lowest BCUT2D eigenvalue weighted by molar-refractivity contribution is 0.189. The molecule has 1 aliphatic heterocycles. The van der Waals surface area contributed by atoms with Crippen molar-refractivity contribution in [1.29, 1.82) is 0 Å². The topological polar surface area (TPSA) is 61.6 Å². The maximum absolute atomic E-state index is 12.2. The minimum Gasteiger partial charge on any atom is -0.439 e. The standard InChI is InChI=1S/C16H22N4O2/c1-11-5-4-6-13-15(11)18-14(22-13)9-17-16(21)20(3)12-7-8-19(2)10-12/h4-6,12H,7-10H2,1-3H3,(H,17,21). The molecule has 1 atom stereocenters. The number of carbonyl (C=O) groups excluding carboxylic acids is 1. The average molecular weight is 302 g/mol. The number of oxazole rings is 1. The van der Waals surface area contributed by atoms with Crippen molar-refractivity contribution in [3.05, 3.63) is 29.7 Å². The van der Waals surface area contributed by atoms with Gasteiger partial charge in [0.25, 0.3) is 0 Å². The SMILES string of the molecule is Cc1cccc2oc(CNC(=O)N(C)C3CCN(C)C3)nc12. The molecule has 0 spiro atoms. The third-order valence-corrected chi connectivity index (χ3v) is 4.29. The minimum absolute atomic E-state index is 0.0840. The summed E-state index contributed by atoms with van der Waals surface area (Å²) in [7, 11) is 3.92. The number of rotatable bonds is 3. The quantitative estimate of drug-likeness (QED) is 0.942. The highest BCUT2D eigenvalue weighted by atomic mass is 16.3. The molecule has 1 N–H and O–H groups in total. The molecule has 22 heavy (non-hydrogen) atoms. The number of para-hydroxylation sites is 1. The highest BCUT2D eigenvalue weighted by Gasteiger charge is 2.26. The lowest BCUT2D eigenvalue weighted by Crippen LogP contribution is -2.44. The van der Waals surface area contributed by atoms with Gasteiger partial charge in [-0.15, -0.1) is 0 Å². The summed E-state index contributed by atoms with van der Waals surface area (Å²) in [6, 6.07) is 6.02. The first-order valence-electron chi connectivity index (χ1n) is 7.59. The van der Waals surface area contributed by atoms with E-state index in [0.717, 1.165) is 36.2 Å². The number of likely N-dealkylation sites (N-methyl/N-ethyl adjacent to an activating group) is 2. The van der Waals surface area contributed by atoms with Gasteiger partial charge in [-0.1, -0.05) is 12.1 Å². The zero-order chi connectivity index (χ0) is 15.7. The predicted octanol–water partition coefficient (Wildman–Crippen LogP) is 1.98. The fraction of sp³-hybridized carbons (Fsp3) is 0.500. The van der Waals surface area contributed by atoms with Crippen molar-refractivity contribution >= 4 is 17.1 Å². The Balaban J connectivity index is 1.61. The van der Waals surface area contributed by atoms with Gasteiger partial charge >= 0.3 is 6.03 Å². The van der Waals surface area contributed by atoms with Gasteiger partial charge in [0.2, 0.25) is 5.89 Å². The number of hydrogen-bond acceptors (Lipinski definition) is 4. The molecule has 1 aliphatic rings. The summed E-state index contributed by atoms with van der Waals surface area (Å²) >= 11 is 0. The third kappa shape index (κ3) is 2.92. The Bertz CT molecular complexity index is 682. The predicted molar refractivity (Wildman–Crippen MR) is 84.6 cm³/mol. The van der Waals surface area contributed by atoms with E-state index in [4.69, 9.17) is 4.42 Å². The number of urea groups is 1. The molecule has 6 nitrogen and oxygen atoms in total. The molecule has 1 saturated heterocycles. The molecule has 1 unspecified atom stereocenters. The van der Waals surface area contributed by atoms with Crippen molar-refractivity contribution in [3.63, 3.8) is 0 Å². The van der Waals surface area contributed by atoms with E-state index >= 15 is 0 Å². The number of benzene rings is 1. The molecule has 2 amide bonds. The maximum atomic E-state index is 12.2. The van der Waals surface area contributed by atoms with Gasteiger partial charge in [-0.25, -0.2) is 9.78 Å². The van der Waals surface area contributed by atoms with E-state index in [1.165, 1.54) is 0 Å². The Labute approximate surface area is 130 Å². The summed E-state index contributed by atoms with van der Waals surface area (Å²) in [6.45, 7) is 4.26. The number of fused-ring (bicyclic) bond motifs is 1. The molecule has 1 aromatic carbocycles. The lowest BCUT2D eigenvalue weighted by Gasteiger charge is -2.24. The number of nitrogens with one attached hydrogen (secondary N) is 1. The zero-order valence-electron chi connectivity index (χ0n) is 13.3. The van der Waals surface area contributed by atoms with E-state index in [1.807, 2.05) is 32.2 Å². The first kappa shape index (κ1) is 14.8. The van der Waals surface area contributed by atoms with Crippen LogP contribution in [0.1, 0.15) is 17.9 Å². The first-order chi connectivity index (χ1) is 10.5. The number of nitrogens with zero attached hydrogens (tertiary/aromatic N) is 3. The van der Waals surface area contributed by atoms with E-state index in [9.17, 15) is 4.79 Å². The van der Waals surface area contributed by atoms with E-state index in [0.29, 0.717) is 12.4 Å². The van der Waals surface area contributed by atoms with Gasteiger partial charge in [-0.3, -0.25) is 0 Å². The molecule has 0 aliphatic carbocycles. The molecule has 3 rings (SSSR count). The van der Waals surface area contributed by atoms with Gasteiger partial charge in [-0.05, 0) is 38.6 Å². The van der Waals surface area contributed by atoms with Crippen LogP contribution in [0.15, 0.2) is 22.6 Å². The Morgan fingerprint density at radius 3 is 3.05 bits per heavy atom. The van der Waals surface area contributed by atoms with Crippen LogP contribution in [-0.4, -0.2) is 54.0 Å². The summed E-state index contributed by atoms with van der Waals surface area (Å²) in [5.74, 6) is 0.537. The Morgan fingerprint density at radius 1 is 1.55 bits per heavy atom. The van der Waals surface area contributed by atoms with Gasteiger partial charge in [0.1, 0.15) is 5.52 Å². The summed E-state index contributed by atoms with van der Waals surface area (Å²) in [5.41, 5.74) is 2.69. The third-order valence-electron chi connectivity index (χ3n) is 4.29. The number of aryl methyl sites for hydroxylation is 1. The fourth-order valence-corrected chi connectivity index (χ4v) is 2.88. The molecule has 0 radical (unpaired) electrons. The van der Waals surface area contributed by atoms with Crippen molar-refractivity contribution in [1.82, 2.24) is 20.1 Å². The van der Waals surface area contributed by atoms with Crippen LogP contribution >= 0.6 is 0 Å². The summed E-state index contributed by atoms with van der Waals surface area (Å²) in [4.78, 5) is 20.7. The molecule has 1 aromatic heterocycles. The van der Waals surface area contributed by atoms with Crippen LogP contribution in [0.4, 0.5) is 4.79 Å². The Hall–Kier alpha value is -2.08. The Morgan fingerprint density at radius 2 is 2.36 bits per heavy atom. The van der Waals surface area contributed by atoms with Crippen molar-refractivity contribution in [2.75, 3.05) is 27.2 Å². The van der Waals surface area contributed by atoms with Gasteiger partial charge in [0, 0.05) is 19.6 Å². The van der Waals surface area contributed by atoms with Crippen LogP contribution < -0.4 is 5.32 Å². The van der Waals surface area contributed by atoms with E-state index in [2.05, 4.69) is 22.2 Å². The largest absolute Gasteiger partial charge is 0.439 e. The van der Waals surface area contributed by atoms with Crippen LogP contribution in [-0.2, 0) is 6.54 Å². The van der Waals surface area contributed by atoms with Crippen LogP contribution in [0.2, 0.25) is 0 Å². The second-order valence-electron chi connectivity index (χ2n) is 6.00. The molecular formula is C16H22N4O2. The van der Waals surface area contributed by atoms with Crippen molar-refractivity contribution < 1.29 is 9.21 Å². The average Bonchev–Trinajstić information content (AvgIpc) is 3.11. The normalized spacial score (nSPS) is 18.8. The fourth-order valence-electron chi connectivity index (χ4n) is 2.88. The summed E-state index contributed by atoms with van der Waals surface area (Å²) in [5, 5.41) is 2.88. The Kier molecular flexibility index (Phi) is 4.02.